The SMILES string of the molecule is Cc1ccc2c(c1)C(=O)C(C#N)C2. The van der Waals surface area contributed by atoms with Gasteiger partial charge < -0.3 is 0 Å². The molecule has 1 aliphatic rings. The number of nitrogens with zero attached hydrogens (tertiary/aromatic N) is 1. The van der Waals surface area contributed by atoms with Gasteiger partial charge in [-0.3, -0.25) is 4.79 Å². The number of carbonyl (C=O) groups excluding carboxylic acids is 1. The molecule has 0 saturated heterocycles. The number of hydrogen-bond acceptors (Lipinski definition) is 2. The van der Waals surface area contributed by atoms with Crippen molar-refractivity contribution in [2.45, 2.75) is 13.3 Å². The van der Waals surface area contributed by atoms with E-state index in [0.717, 1.165) is 16.7 Å². The van der Waals surface area contributed by atoms with Gasteiger partial charge in [-0.15, -0.1) is 0 Å². The van der Waals surface area contributed by atoms with Crippen LogP contribution in [0.4, 0.5) is 0 Å². The number of hydrogen-bond donors (Lipinski definition) is 0. The summed E-state index contributed by atoms with van der Waals surface area (Å²) in [5.41, 5.74) is 2.83. The van der Waals surface area contributed by atoms with Gasteiger partial charge in [-0.05, 0) is 25.0 Å². The number of nitriles is 1. The zero-order valence-electron chi connectivity index (χ0n) is 7.37. The maximum Gasteiger partial charge on any atom is 0.180 e. The molecule has 2 rings (SSSR count). The molecule has 0 heterocycles. The van der Waals surface area contributed by atoms with Crippen molar-refractivity contribution in [1.29, 1.82) is 5.26 Å². The summed E-state index contributed by atoms with van der Waals surface area (Å²) in [6.45, 7) is 1.95. The average Bonchev–Trinajstić information content (AvgIpc) is 2.44. The third kappa shape index (κ3) is 1.13. The van der Waals surface area contributed by atoms with Gasteiger partial charge in [-0.25, -0.2) is 0 Å². The molecule has 0 saturated carbocycles. The maximum absolute atomic E-state index is 11.6. The van der Waals surface area contributed by atoms with Crippen molar-refractivity contribution in [2.24, 2.45) is 5.92 Å². The molecule has 0 N–H and O–H groups in total. The largest absolute Gasteiger partial charge is 0.293 e. The van der Waals surface area contributed by atoms with Gasteiger partial charge in [0.2, 0.25) is 0 Å². The Kier molecular flexibility index (Phi) is 1.66. The Morgan fingerprint density at radius 1 is 1.54 bits per heavy atom. The first-order chi connectivity index (χ1) is 6.22. The monoisotopic (exact) mass is 171 g/mol. The molecule has 1 aromatic rings. The van der Waals surface area contributed by atoms with Crippen LogP contribution < -0.4 is 0 Å². The number of carbonyl (C=O) groups is 1. The Morgan fingerprint density at radius 2 is 2.31 bits per heavy atom. The molecule has 1 aromatic carbocycles. The fraction of sp³-hybridized carbons (Fsp3) is 0.273. The molecule has 0 aliphatic heterocycles. The fourth-order valence-electron chi connectivity index (χ4n) is 1.70. The molecule has 2 nitrogen and oxygen atoms in total. The average molecular weight is 171 g/mol. The van der Waals surface area contributed by atoms with Crippen LogP contribution in [0.1, 0.15) is 21.5 Å². The first-order valence-electron chi connectivity index (χ1n) is 4.25. The quantitative estimate of drug-likeness (QED) is 0.598. The van der Waals surface area contributed by atoms with E-state index in [1.165, 1.54) is 0 Å². The first kappa shape index (κ1) is 8.00. The highest BCUT2D eigenvalue weighted by molar-refractivity contribution is 6.03. The van der Waals surface area contributed by atoms with E-state index in [1.54, 1.807) is 0 Å². The Bertz CT molecular complexity index is 415. The summed E-state index contributed by atoms with van der Waals surface area (Å²) in [5, 5.41) is 8.71. The number of ketones is 1. The number of Topliss-reactive ketones (excluding diaryl/α,β-unsaturated/α-hetero) is 1. The van der Waals surface area contributed by atoms with Gasteiger partial charge in [-0.2, -0.15) is 5.26 Å². The third-order valence-electron chi connectivity index (χ3n) is 2.43. The lowest BCUT2D eigenvalue weighted by Gasteiger charge is -1.97. The number of benzene rings is 1. The number of aryl methyl sites for hydroxylation is 1. The second-order valence-electron chi connectivity index (χ2n) is 3.41. The second-order valence-corrected chi connectivity index (χ2v) is 3.41. The lowest BCUT2D eigenvalue weighted by molar-refractivity contribution is 0.0963. The van der Waals surface area contributed by atoms with Crippen LogP contribution in [0.25, 0.3) is 0 Å². The van der Waals surface area contributed by atoms with Crippen LogP contribution in [0.15, 0.2) is 18.2 Å². The van der Waals surface area contributed by atoms with E-state index in [1.807, 2.05) is 31.2 Å². The van der Waals surface area contributed by atoms with Crippen LogP contribution in [0, 0.1) is 24.2 Å². The minimum atomic E-state index is -0.447. The molecular formula is C11H9NO. The van der Waals surface area contributed by atoms with Crippen LogP contribution in [0.2, 0.25) is 0 Å². The van der Waals surface area contributed by atoms with Gasteiger partial charge >= 0.3 is 0 Å². The summed E-state index contributed by atoms with van der Waals surface area (Å²) in [6.07, 6.45) is 0.588. The molecule has 0 spiro atoms. The minimum Gasteiger partial charge on any atom is -0.293 e. The van der Waals surface area contributed by atoms with E-state index in [-0.39, 0.29) is 5.78 Å². The van der Waals surface area contributed by atoms with Crippen LogP contribution in [0.3, 0.4) is 0 Å². The van der Waals surface area contributed by atoms with E-state index in [0.29, 0.717) is 6.42 Å². The van der Waals surface area contributed by atoms with Crippen LogP contribution in [0.5, 0.6) is 0 Å². The summed E-state index contributed by atoms with van der Waals surface area (Å²) in [5.74, 6) is -0.460. The highest BCUT2D eigenvalue weighted by Gasteiger charge is 2.29. The minimum absolute atomic E-state index is 0.0128. The standard InChI is InChI=1S/C11H9NO/c1-7-2-3-8-5-9(6-12)11(13)10(8)4-7/h2-4,9H,5H2,1H3. The summed E-state index contributed by atoms with van der Waals surface area (Å²) < 4.78 is 0. The van der Waals surface area contributed by atoms with Gasteiger partial charge in [-0.1, -0.05) is 17.7 Å². The molecule has 0 radical (unpaired) electrons. The normalized spacial score (nSPS) is 19.7. The van der Waals surface area contributed by atoms with Gasteiger partial charge in [0.25, 0.3) is 0 Å². The summed E-state index contributed by atoms with van der Waals surface area (Å²) >= 11 is 0. The lowest BCUT2D eigenvalue weighted by atomic mass is 10.1. The van der Waals surface area contributed by atoms with Crippen molar-refractivity contribution < 1.29 is 4.79 Å². The Hall–Kier alpha value is -1.62. The molecule has 64 valence electrons. The number of fused-ring (bicyclic) bond motifs is 1. The second kappa shape index (κ2) is 2.70. The Balaban J connectivity index is 2.52. The summed E-state index contributed by atoms with van der Waals surface area (Å²) in [6, 6.07) is 7.82. The fourth-order valence-corrected chi connectivity index (χ4v) is 1.70. The van der Waals surface area contributed by atoms with Crippen molar-refractivity contribution in [3.05, 3.63) is 34.9 Å². The van der Waals surface area contributed by atoms with Gasteiger partial charge in [0.05, 0.1) is 6.07 Å². The molecule has 1 atom stereocenters. The molecule has 0 amide bonds. The van der Waals surface area contributed by atoms with Crippen molar-refractivity contribution in [3.8, 4) is 6.07 Å². The van der Waals surface area contributed by atoms with Gasteiger partial charge in [0, 0.05) is 5.56 Å². The lowest BCUT2D eigenvalue weighted by Crippen LogP contribution is -2.05. The van der Waals surface area contributed by atoms with E-state index in [4.69, 9.17) is 5.26 Å². The number of rotatable bonds is 0. The molecule has 0 aromatic heterocycles. The van der Waals surface area contributed by atoms with E-state index in [2.05, 4.69) is 0 Å². The van der Waals surface area contributed by atoms with Crippen LogP contribution >= 0.6 is 0 Å². The highest BCUT2D eigenvalue weighted by Crippen LogP contribution is 2.26. The van der Waals surface area contributed by atoms with Gasteiger partial charge in [0.15, 0.2) is 5.78 Å². The maximum atomic E-state index is 11.6. The highest BCUT2D eigenvalue weighted by atomic mass is 16.1. The predicted octanol–water partition coefficient (Wildman–Crippen LogP) is 1.87. The third-order valence-corrected chi connectivity index (χ3v) is 2.43. The molecule has 1 unspecified atom stereocenters. The Morgan fingerprint density at radius 3 is 3.00 bits per heavy atom. The van der Waals surface area contributed by atoms with Crippen LogP contribution in [-0.2, 0) is 6.42 Å². The summed E-state index contributed by atoms with van der Waals surface area (Å²) in [7, 11) is 0. The van der Waals surface area contributed by atoms with E-state index < -0.39 is 5.92 Å². The van der Waals surface area contributed by atoms with Crippen molar-refractivity contribution in [2.75, 3.05) is 0 Å². The molecule has 0 fully saturated rings. The Labute approximate surface area is 76.8 Å². The van der Waals surface area contributed by atoms with E-state index in [9.17, 15) is 4.79 Å². The van der Waals surface area contributed by atoms with Gasteiger partial charge in [0.1, 0.15) is 5.92 Å². The van der Waals surface area contributed by atoms with Crippen LogP contribution in [-0.4, -0.2) is 5.78 Å². The predicted molar refractivity (Wildman–Crippen MR) is 48.3 cm³/mol. The molecule has 13 heavy (non-hydrogen) atoms. The van der Waals surface area contributed by atoms with E-state index >= 15 is 0 Å². The smallest absolute Gasteiger partial charge is 0.180 e. The van der Waals surface area contributed by atoms with Crippen molar-refractivity contribution >= 4 is 5.78 Å². The first-order valence-corrected chi connectivity index (χ1v) is 4.25. The zero-order valence-corrected chi connectivity index (χ0v) is 7.37. The molecule has 2 heteroatoms. The summed E-state index contributed by atoms with van der Waals surface area (Å²) in [4.78, 5) is 11.6. The molecular weight excluding hydrogens is 162 g/mol. The zero-order chi connectivity index (χ0) is 9.42. The molecule has 1 aliphatic carbocycles. The molecule has 0 bridgehead atoms. The van der Waals surface area contributed by atoms with Crippen molar-refractivity contribution in [1.82, 2.24) is 0 Å². The topological polar surface area (TPSA) is 40.9 Å². The van der Waals surface area contributed by atoms with Crippen molar-refractivity contribution in [3.63, 3.8) is 0 Å².